The van der Waals surface area contributed by atoms with Crippen LogP contribution in [0.4, 0.5) is 18.0 Å². The fraction of sp³-hybridized carbons (Fsp3) is 0.133. The topological polar surface area (TPSA) is 55.4 Å². The molecule has 0 atom stereocenters. The Balaban J connectivity index is 1.34. The van der Waals surface area contributed by atoms with Gasteiger partial charge < -0.3 is 10.1 Å². The lowest BCUT2D eigenvalue weighted by molar-refractivity contribution is -0.137. The van der Waals surface area contributed by atoms with Gasteiger partial charge in [-0.05, 0) is 46.0 Å². The first-order valence-corrected chi connectivity index (χ1v) is 13.2. The first-order chi connectivity index (χ1) is 18.8. The van der Waals surface area contributed by atoms with Gasteiger partial charge in [0.1, 0.15) is 6.61 Å². The molecule has 4 aromatic carbocycles. The van der Waals surface area contributed by atoms with E-state index in [0.29, 0.717) is 21.6 Å². The molecule has 1 aliphatic rings. The van der Waals surface area contributed by atoms with Crippen LogP contribution in [0.1, 0.15) is 38.5 Å². The summed E-state index contributed by atoms with van der Waals surface area (Å²) in [5, 5.41) is 2.42. The Labute approximate surface area is 232 Å². The molecule has 4 nitrogen and oxygen atoms in total. The fourth-order valence-electron chi connectivity index (χ4n) is 4.66. The minimum Gasteiger partial charge on any atom is -0.449 e. The number of carbonyl (C=O) groups is 2. The highest BCUT2D eigenvalue weighted by atomic mass is 35.5. The SMILES string of the molecule is O=Cc1ccccc1Sc1c(Cl)cc(C(F)(F)F)cc1CNC(=O)OCC1c2ccccc2-c2ccccc21. The Hall–Kier alpha value is -3.75. The zero-order valence-corrected chi connectivity index (χ0v) is 21.9. The van der Waals surface area contributed by atoms with E-state index in [1.54, 1.807) is 24.3 Å². The van der Waals surface area contributed by atoms with Crippen LogP contribution in [0.25, 0.3) is 11.1 Å². The summed E-state index contributed by atoms with van der Waals surface area (Å²) in [6.45, 7) is -0.191. The van der Waals surface area contributed by atoms with Crippen LogP contribution in [-0.2, 0) is 17.5 Å². The van der Waals surface area contributed by atoms with Crippen LogP contribution in [0.3, 0.4) is 0 Å². The summed E-state index contributed by atoms with van der Waals surface area (Å²) in [5.41, 5.74) is 3.83. The maximum atomic E-state index is 13.5. The number of carbonyl (C=O) groups excluding carboxylic acids is 2. The first kappa shape index (κ1) is 26.8. The second-order valence-electron chi connectivity index (χ2n) is 8.88. The summed E-state index contributed by atoms with van der Waals surface area (Å²) in [4.78, 5) is 25.0. The number of alkyl halides is 3. The molecule has 1 N–H and O–H groups in total. The largest absolute Gasteiger partial charge is 0.449 e. The Morgan fingerprint density at radius 2 is 1.56 bits per heavy atom. The van der Waals surface area contributed by atoms with Crippen LogP contribution >= 0.6 is 23.4 Å². The Bertz CT molecular complexity index is 1510. The van der Waals surface area contributed by atoms with Gasteiger partial charge in [0.15, 0.2) is 6.29 Å². The van der Waals surface area contributed by atoms with Crippen molar-refractivity contribution in [3.63, 3.8) is 0 Å². The second-order valence-corrected chi connectivity index (χ2v) is 10.3. The van der Waals surface area contributed by atoms with Crippen molar-refractivity contribution in [3.8, 4) is 11.1 Å². The summed E-state index contributed by atoms with van der Waals surface area (Å²) < 4.78 is 46.1. The lowest BCUT2D eigenvalue weighted by Gasteiger charge is -2.17. The highest BCUT2D eigenvalue weighted by Crippen LogP contribution is 2.45. The third-order valence-corrected chi connectivity index (χ3v) is 8.16. The monoisotopic (exact) mass is 567 g/mol. The number of hydrogen-bond donors (Lipinski definition) is 1. The number of ether oxygens (including phenoxy) is 1. The molecule has 0 saturated carbocycles. The Morgan fingerprint density at radius 1 is 0.949 bits per heavy atom. The highest BCUT2D eigenvalue weighted by molar-refractivity contribution is 7.99. The van der Waals surface area contributed by atoms with E-state index < -0.39 is 17.8 Å². The van der Waals surface area contributed by atoms with Gasteiger partial charge >= 0.3 is 12.3 Å². The van der Waals surface area contributed by atoms with E-state index in [0.717, 1.165) is 46.1 Å². The van der Waals surface area contributed by atoms with Crippen molar-refractivity contribution < 1.29 is 27.5 Å². The second kappa shape index (κ2) is 11.2. The molecule has 0 unspecified atom stereocenters. The standard InChI is InChI=1S/C30H21ClF3NO3S/c31-26-14-20(30(32,33)34)13-19(28(26)39-27-12-6-1-7-18(27)16-36)15-35-29(37)38-17-25-23-10-4-2-8-21(23)22-9-3-5-11-24(22)25/h1-14,16,25H,15,17H2,(H,35,37). The van der Waals surface area contributed by atoms with Gasteiger partial charge in [0, 0.05) is 27.8 Å². The number of halogens is 4. The van der Waals surface area contributed by atoms with Crippen LogP contribution < -0.4 is 5.32 Å². The minimum absolute atomic E-state index is 0.0670. The number of aldehydes is 1. The maximum absolute atomic E-state index is 13.5. The lowest BCUT2D eigenvalue weighted by Crippen LogP contribution is -2.26. The predicted molar refractivity (Wildman–Crippen MR) is 144 cm³/mol. The first-order valence-electron chi connectivity index (χ1n) is 12.0. The molecule has 39 heavy (non-hydrogen) atoms. The average Bonchev–Trinajstić information content (AvgIpc) is 3.25. The predicted octanol–water partition coefficient (Wildman–Crippen LogP) is 8.36. The van der Waals surface area contributed by atoms with Gasteiger partial charge in [-0.3, -0.25) is 4.79 Å². The molecule has 198 valence electrons. The van der Waals surface area contributed by atoms with Gasteiger partial charge in [-0.25, -0.2) is 4.79 Å². The normalized spacial score (nSPS) is 12.5. The van der Waals surface area contributed by atoms with Crippen molar-refractivity contribution in [1.82, 2.24) is 5.32 Å². The molecule has 0 spiro atoms. The van der Waals surface area contributed by atoms with E-state index in [2.05, 4.69) is 5.32 Å². The van der Waals surface area contributed by atoms with E-state index in [-0.39, 0.29) is 29.7 Å². The van der Waals surface area contributed by atoms with E-state index in [9.17, 15) is 22.8 Å². The van der Waals surface area contributed by atoms with Crippen LogP contribution in [0, 0.1) is 0 Å². The number of nitrogens with one attached hydrogen (secondary N) is 1. The third-order valence-electron chi connectivity index (χ3n) is 6.47. The molecule has 0 saturated heterocycles. The molecule has 0 fully saturated rings. The third kappa shape index (κ3) is 5.67. The van der Waals surface area contributed by atoms with E-state index in [4.69, 9.17) is 16.3 Å². The summed E-state index contributed by atoms with van der Waals surface area (Å²) in [5.74, 6) is -0.155. The van der Waals surface area contributed by atoms with E-state index >= 15 is 0 Å². The number of alkyl carbamates (subject to hydrolysis) is 1. The number of rotatable bonds is 7. The van der Waals surface area contributed by atoms with E-state index in [1.807, 2.05) is 48.5 Å². The summed E-state index contributed by atoms with van der Waals surface area (Å²) in [6.07, 6.45) is -4.74. The molecular formula is C30H21ClF3NO3S. The molecule has 0 heterocycles. The van der Waals surface area contributed by atoms with Gasteiger partial charge in [0.25, 0.3) is 0 Å². The number of hydrogen-bond acceptors (Lipinski definition) is 4. The maximum Gasteiger partial charge on any atom is 0.416 e. The van der Waals surface area contributed by atoms with Crippen LogP contribution in [0.5, 0.6) is 0 Å². The number of benzene rings is 4. The quantitative estimate of drug-likeness (QED) is 0.228. The fourth-order valence-corrected chi connectivity index (χ4v) is 6.03. The van der Waals surface area contributed by atoms with Crippen LogP contribution in [0.2, 0.25) is 5.02 Å². The van der Waals surface area contributed by atoms with Crippen molar-refractivity contribution in [2.24, 2.45) is 0 Å². The minimum atomic E-state index is -4.63. The zero-order chi connectivity index (χ0) is 27.6. The number of amides is 1. The van der Waals surface area contributed by atoms with E-state index in [1.165, 1.54) is 0 Å². The summed E-state index contributed by atoms with van der Waals surface area (Å²) in [7, 11) is 0. The Kier molecular flexibility index (Phi) is 7.68. The molecule has 1 amide bonds. The average molecular weight is 568 g/mol. The van der Waals surface area contributed by atoms with Crippen LogP contribution in [0.15, 0.2) is 94.7 Å². The molecule has 1 aliphatic carbocycles. The van der Waals surface area contributed by atoms with Gasteiger partial charge in [-0.1, -0.05) is 90.1 Å². The summed E-state index contributed by atoms with van der Waals surface area (Å²) in [6, 6.07) is 24.2. The molecule has 0 bridgehead atoms. The molecule has 9 heteroatoms. The zero-order valence-electron chi connectivity index (χ0n) is 20.3. The Morgan fingerprint density at radius 3 is 2.21 bits per heavy atom. The molecule has 0 aliphatic heterocycles. The van der Waals surface area contributed by atoms with Crippen molar-refractivity contribution >= 4 is 35.7 Å². The van der Waals surface area contributed by atoms with Gasteiger partial charge in [-0.2, -0.15) is 13.2 Å². The number of fused-ring (bicyclic) bond motifs is 3. The van der Waals surface area contributed by atoms with Crippen molar-refractivity contribution in [3.05, 3.63) is 118 Å². The molecule has 0 radical (unpaired) electrons. The lowest BCUT2D eigenvalue weighted by atomic mass is 9.98. The molecule has 4 aromatic rings. The van der Waals surface area contributed by atoms with Crippen molar-refractivity contribution in [2.45, 2.75) is 28.4 Å². The van der Waals surface area contributed by atoms with Crippen molar-refractivity contribution in [1.29, 1.82) is 0 Å². The van der Waals surface area contributed by atoms with Gasteiger partial charge in [0.2, 0.25) is 0 Å². The van der Waals surface area contributed by atoms with Gasteiger partial charge in [0.05, 0.1) is 10.6 Å². The van der Waals surface area contributed by atoms with Gasteiger partial charge in [-0.15, -0.1) is 0 Å². The highest BCUT2D eigenvalue weighted by Gasteiger charge is 2.33. The molecular weight excluding hydrogens is 547 g/mol. The smallest absolute Gasteiger partial charge is 0.416 e. The molecule has 5 rings (SSSR count). The molecule has 0 aromatic heterocycles. The summed E-state index contributed by atoms with van der Waals surface area (Å²) >= 11 is 7.35. The van der Waals surface area contributed by atoms with Crippen molar-refractivity contribution in [2.75, 3.05) is 6.61 Å². The van der Waals surface area contributed by atoms with Crippen LogP contribution in [-0.4, -0.2) is 19.0 Å².